The van der Waals surface area contributed by atoms with Crippen molar-refractivity contribution in [2.75, 3.05) is 51.8 Å². The van der Waals surface area contributed by atoms with Gasteiger partial charge in [-0.3, -0.25) is 9.59 Å². The third-order valence-corrected chi connectivity index (χ3v) is 5.59. The molecule has 0 saturated carbocycles. The lowest BCUT2D eigenvalue weighted by Crippen LogP contribution is -2.39. The van der Waals surface area contributed by atoms with Gasteiger partial charge in [0.15, 0.2) is 6.61 Å². The maximum absolute atomic E-state index is 12.9. The van der Waals surface area contributed by atoms with Crippen LogP contribution < -0.4 is 9.64 Å². The Balaban J connectivity index is 1.50. The highest BCUT2D eigenvalue weighted by molar-refractivity contribution is 5.94. The molecule has 1 saturated heterocycles. The van der Waals surface area contributed by atoms with Gasteiger partial charge in [-0.15, -0.1) is 0 Å². The largest absolute Gasteiger partial charge is 0.484 e. The number of nitrogens with zero attached hydrogens (tertiary/aromatic N) is 3. The van der Waals surface area contributed by atoms with Gasteiger partial charge < -0.3 is 19.4 Å². The molecule has 1 fully saturated rings. The summed E-state index contributed by atoms with van der Waals surface area (Å²) in [7, 11) is 3.95. The Morgan fingerprint density at radius 3 is 2.19 bits per heavy atom. The van der Waals surface area contributed by atoms with Crippen molar-refractivity contribution in [2.24, 2.45) is 0 Å². The lowest BCUT2D eigenvalue weighted by molar-refractivity contribution is -0.133. The van der Waals surface area contributed by atoms with Crippen LogP contribution in [0.5, 0.6) is 5.75 Å². The monoisotopic (exact) mass is 423 g/mol. The molecule has 0 N–H and O–H groups in total. The molecule has 0 radical (unpaired) electrons. The molecule has 1 aliphatic heterocycles. The van der Waals surface area contributed by atoms with Crippen LogP contribution in [-0.2, 0) is 11.2 Å². The van der Waals surface area contributed by atoms with Crippen LogP contribution in [0.15, 0.2) is 48.5 Å². The number of amides is 2. The van der Waals surface area contributed by atoms with Crippen LogP contribution in [0.4, 0.5) is 5.69 Å². The smallest absolute Gasteiger partial charge is 0.260 e. The van der Waals surface area contributed by atoms with Gasteiger partial charge in [-0.25, -0.2) is 0 Å². The summed E-state index contributed by atoms with van der Waals surface area (Å²) in [6, 6.07) is 15.6. The zero-order valence-electron chi connectivity index (χ0n) is 18.8. The van der Waals surface area contributed by atoms with Crippen LogP contribution in [0.25, 0.3) is 0 Å². The maximum atomic E-state index is 12.9. The van der Waals surface area contributed by atoms with E-state index in [1.54, 1.807) is 4.90 Å². The number of hydrogen-bond acceptors (Lipinski definition) is 4. The fraction of sp³-hybridized carbons (Fsp3) is 0.440. The Labute approximate surface area is 185 Å². The summed E-state index contributed by atoms with van der Waals surface area (Å²) in [6.07, 6.45) is 2.91. The third-order valence-electron chi connectivity index (χ3n) is 5.59. The minimum atomic E-state index is -0.0396. The molecule has 0 aliphatic carbocycles. The van der Waals surface area contributed by atoms with Crippen molar-refractivity contribution >= 4 is 17.5 Å². The zero-order chi connectivity index (χ0) is 22.2. The molecule has 1 aliphatic rings. The van der Waals surface area contributed by atoms with E-state index < -0.39 is 0 Å². The van der Waals surface area contributed by atoms with E-state index >= 15 is 0 Å². The van der Waals surface area contributed by atoms with Gasteiger partial charge in [0.05, 0.1) is 0 Å². The van der Waals surface area contributed by atoms with E-state index in [4.69, 9.17) is 4.74 Å². The summed E-state index contributed by atoms with van der Waals surface area (Å²) < 4.78 is 5.69. The molecule has 6 heteroatoms. The van der Waals surface area contributed by atoms with Crippen LogP contribution in [0.3, 0.4) is 0 Å². The van der Waals surface area contributed by atoms with Gasteiger partial charge >= 0.3 is 0 Å². The molecule has 31 heavy (non-hydrogen) atoms. The lowest BCUT2D eigenvalue weighted by atomic mass is 10.1. The Bertz CT molecular complexity index is 863. The normalized spacial score (nSPS) is 14.2. The first-order chi connectivity index (χ1) is 15.0. The highest BCUT2D eigenvalue weighted by atomic mass is 16.5. The summed E-state index contributed by atoms with van der Waals surface area (Å²) >= 11 is 0. The number of hydrogen-bond donors (Lipinski definition) is 0. The van der Waals surface area contributed by atoms with E-state index in [1.165, 1.54) is 5.56 Å². The molecule has 0 atom stereocenters. The number of aryl methyl sites for hydroxylation is 1. The van der Waals surface area contributed by atoms with Crippen molar-refractivity contribution in [2.45, 2.75) is 26.2 Å². The summed E-state index contributed by atoms with van der Waals surface area (Å²) in [5.74, 6) is 0.686. The van der Waals surface area contributed by atoms with Crippen LogP contribution in [-0.4, -0.2) is 68.5 Å². The maximum Gasteiger partial charge on any atom is 0.260 e. The van der Waals surface area contributed by atoms with E-state index in [1.807, 2.05) is 72.4 Å². The van der Waals surface area contributed by atoms with Gasteiger partial charge in [0.25, 0.3) is 11.8 Å². The van der Waals surface area contributed by atoms with Crippen molar-refractivity contribution in [1.29, 1.82) is 0 Å². The number of ether oxygens (including phenoxy) is 1. The molecule has 166 valence electrons. The summed E-state index contributed by atoms with van der Waals surface area (Å²) in [6.45, 7) is 4.52. The van der Waals surface area contributed by atoms with E-state index in [9.17, 15) is 9.59 Å². The molecule has 0 aromatic heterocycles. The van der Waals surface area contributed by atoms with Gasteiger partial charge in [0.2, 0.25) is 0 Å². The quantitative estimate of drug-likeness (QED) is 0.684. The second-order valence-electron chi connectivity index (χ2n) is 8.15. The predicted molar refractivity (Wildman–Crippen MR) is 124 cm³/mol. The SMILES string of the molecule is CCCc1ccc(OCC(=O)N2CCCN(C(=O)c3ccc(N(C)C)cc3)CC2)cc1. The van der Waals surface area contributed by atoms with Crippen molar-refractivity contribution in [3.63, 3.8) is 0 Å². The minimum Gasteiger partial charge on any atom is -0.484 e. The molecular weight excluding hydrogens is 390 g/mol. The van der Waals surface area contributed by atoms with Crippen LogP contribution in [0.2, 0.25) is 0 Å². The summed E-state index contributed by atoms with van der Waals surface area (Å²) in [4.78, 5) is 31.2. The average Bonchev–Trinajstić information content (AvgIpc) is 3.04. The first kappa shape index (κ1) is 22.7. The zero-order valence-corrected chi connectivity index (χ0v) is 18.8. The molecule has 2 aromatic rings. The fourth-order valence-corrected chi connectivity index (χ4v) is 3.73. The van der Waals surface area contributed by atoms with Gasteiger partial charge in [-0.2, -0.15) is 0 Å². The first-order valence-corrected chi connectivity index (χ1v) is 11.0. The number of benzene rings is 2. The van der Waals surface area contributed by atoms with Crippen LogP contribution in [0.1, 0.15) is 35.7 Å². The second kappa shape index (κ2) is 10.8. The number of carbonyl (C=O) groups is 2. The van der Waals surface area contributed by atoms with E-state index in [0.717, 1.165) is 24.9 Å². The average molecular weight is 424 g/mol. The molecule has 3 rings (SSSR count). The minimum absolute atomic E-state index is 0.0167. The highest BCUT2D eigenvalue weighted by Crippen LogP contribution is 2.16. The summed E-state index contributed by atoms with van der Waals surface area (Å²) in [5, 5.41) is 0. The number of anilines is 1. The fourth-order valence-electron chi connectivity index (χ4n) is 3.73. The molecule has 1 heterocycles. The first-order valence-electron chi connectivity index (χ1n) is 11.0. The lowest BCUT2D eigenvalue weighted by Gasteiger charge is -2.22. The van der Waals surface area contributed by atoms with E-state index in [0.29, 0.717) is 37.5 Å². The van der Waals surface area contributed by atoms with Crippen molar-refractivity contribution in [3.8, 4) is 5.75 Å². The van der Waals surface area contributed by atoms with Crippen LogP contribution in [0, 0.1) is 0 Å². The molecule has 2 amide bonds. The van der Waals surface area contributed by atoms with Gasteiger partial charge in [0, 0.05) is 51.5 Å². The Kier molecular flexibility index (Phi) is 7.93. The van der Waals surface area contributed by atoms with Crippen molar-refractivity contribution in [3.05, 3.63) is 59.7 Å². The molecular formula is C25H33N3O3. The Hall–Kier alpha value is -3.02. The van der Waals surface area contributed by atoms with Crippen LogP contribution >= 0.6 is 0 Å². The predicted octanol–water partition coefficient (Wildman–Crippen LogP) is 3.46. The molecule has 0 unspecified atom stereocenters. The summed E-state index contributed by atoms with van der Waals surface area (Å²) in [5.41, 5.74) is 3.01. The van der Waals surface area contributed by atoms with Gasteiger partial charge in [-0.05, 0) is 54.8 Å². The Morgan fingerprint density at radius 1 is 0.903 bits per heavy atom. The van der Waals surface area contributed by atoms with Crippen molar-refractivity contribution in [1.82, 2.24) is 9.80 Å². The topological polar surface area (TPSA) is 53.1 Å². The molecule has 0 spiro atoms. The Morgan fingerprint density at radius 2 is 1.55 bits per heavy atom. The molecule has 2 aromatic carbocycles. The third kappa shape index (κ3) is 6.23. The highest BCUT2D eigenvalue weighted by Gasteiger charge is 2.23. The molecule has 6 nitrogen and oxygen atoms in total. The van der Waals surface area contributed by atoms with E-state index in [-0.39, 0.29) is 18.4 Å². The van der Waals surface area contributed by atoms with Gasteiger partial charge in [-0.1, -0.05) is 25.5 Å². The van der Waals surface area contributed by atoms with E-state index in [2.05, 4.69) is 6.92 Å². The van der Waals surface area contributed by atoms with Crippen molar-refractivity contribution < 1.29 is 14.3 Å². The molecule has 0 bridgehead atoms. The second-order valence-corrected chi connectivity index (χ2v) is 8.15. The number of rotatable bonds is 7. The number of carbonyl (C=O) groups excluding carboxylic acids is 2. The standard InChI is InChI=1S/C25H33N3O3/c1-4-6-20-7-13-23(14-8-20)31-19-24(29)27-15-5-16-28(18-17-27)25(30)21-9-11-22(12-10-21)26(2)3/h7-14H,4-6,15-19H2,1-3H3. The van der Waals surface area contributed by atoms with Gasteiger partial charge in [0.1, 0.15) is 5.75 Å².